The molecule has 0 fully saturated rings. The molecule has 2 N–H and O–H groups in total. The molecule has 0 spiro atoms. The molecule has 4 aromatic rings. The van der Waals surface area contributed by atoms with Crippen molar-refractivity contribution in [3.63, 3.8) is 0 Å². The van der Waals surface area contributed by atoms with Gasteiger partial charge in [0.15, 0.2) is 5.69 Å². The molecule has 4 rings (SSSR count). The third-order valence-corrected chi connectivity index (χ3v) is 5.43. The van der Waals surface area contributed by atoms with Crippen LogP contribution in [0.5, 0.6) is 17.2 Å². The van der Waals surface area contributed by atoms with Crippen LogP contribution in [0.25, 0.3) is 16.5 Å². The van der Waals surface area contributed by atoms with Crippen LogP contribution in [-0.2, 0) is 4.79 Å². The molecular weight excluding hydrogens is 464 g/mol. The van der Waals surface area contributed by atoms with Gasteiger partial charge in [-0.25, -0.2) is 0 Å². The van der Waals surface area contributed by atoms with Crippen molar-refractivity contribution in [1.82, 2.24) is 15.1 Å². The highest BCUT2D eigenvalue weighted by Gasteiger charge is 2.18. The maximum absolute atomic E-state index is 13.1. The lowest BCUT2D eigenvalue weighted by atomic mass is 10.1. The number of methoxy groups -OCH3 is 3. The van der Waals surface area contributed by atoms with E-state index in [9.17, 15) is 14.4 Å². The summed E-state index contributed by atoms with van der Waals surface area (Å²) in [4.78, 5) is 38.7. The first-order valence-corrected chi connectivity index (χ1v) is 10.9. The number of nitrogens with zero attached hydrogens (tertiary/aromatic N) is 2. The minimum absolute atomic E-state index is 0.0100. The van der Waals surface area contributed by atoms with Crippen molar-refractivity contribution >= 4 is 28.3 Å². The highest BCUT2D eigenvalue weighted by molar-refractivity contribution is 6.06. The summed E-state index contributed by atoms with van der Waals surface area (Å²) in [5.41, 5.74) is 0.520. The molecule has 0 saturated heterocycles. The van der Waals surface area contributed by atoms with Crippen molar-refractivity contribution in [2.75, 3.05) is 33.2 Å². The monoisotopic (exact) mass is 488 g/mol. The topological polar surface area (TPSA) is 121 Å². The summed E-state index contributed by atoms with van der Waals surface area (Å²) in [5, 5.41) is 10.3. The molecule has 3 aromatic carbocycles. The molecule has 0 aliphatic rings. The summed E-state index contributed by atoms with van der Waals surface area (Å²) in [6, 6.07) is 18.3. The highest BCUT2D eigenvalue weighted by Crippen LogP contribution is 2.28. The lowest BCUT2D eigenvalue weighted by molar-refractivity contribution is -0.115. The predicted octanol–water partition coefficient (Wildman–Crippen LogP) is 2.78. The lowest BCUT2D eigenvalue weighted by Gasteiger charge is -2.13. The van der Waals surface area contributed by atoms with Crippen LogP contribution in [-0.4, -0.2) is 49.5 Å². The Morgan fingerprint density at radius 2 is 1.53 bits per heavy atom. The van der Waals surface area contributed by atoms with Crippen LogP contribution in [0.15, 0.2) is 71.5 Å². The molecule has 0 aliphatic heterocycles. The summed E-state index contributed by atoms with van der Waals surface area (Å²) in [6.07, 6.45) is 0. The fourth-order valence-corrected chi connectivity index (χ4v) is 3.60. The van der Waals surface area contributed by atoms with Gasteiger partial charge in [0.2, 0.25) is 5.91 Å². The molecule has 10 nitrogen and oxygen atoms in total. The SMILES string of the molecule is COc1ccc(-n2nc(C(=O)NCC(=O)Nc3ccc(OC)cc3OC)c3ccccc3c2=O)cc1. The number of benzene rings is 3. The molecule has 0 unspecified atom stereocenters. The number of amides is 2. The van der Waals surface area contributed by atoms with E-state index in [1.807, 2.05) is 0 Å². The van der Waals surface area contributed by atoms with E-state index in [4.69, 9.17) is 14.2 Å². The van der Waals surface area contributed by atoms with E-state index in [0.29, 0.717) is 39.4 Å². The normalized spacial score (nSPS) is 10.5. The van der Waals surface area contributed by atoms with Gasteiger partial charge in [0.25, 0.3) is 11.5 Å². The smallest absolute Gasteiger partial charge is 0.279 e. The van der Waals surface area contributed by atoms with Gasteiger partial charge in [-0.3, -0.25) is 14.4 Å². The van der Waals surface area contributed by atoms with Crippen molar-refractivity contribution in [3.8, 4) is 22.9 Å². The molecule has 0 radical (unpaired) electrons. The molecule has 1 heterocycles. The average Bonchev–Trinajstić information content (AvgIpc) is 2.92. The average molecular weight is 489 g/mol. The number of aromatic nitrogens is 2. The van der Waals surface area contributed by atoms with Crippen LogP contribution < -0.4 is 30.4 Å². The Morgan fingerprint density at radius 3 is 2.19 bits per heavy atom. The van der Waals surface area contributed by atoms with Crippen molar-refractivity contribution in [2.45, 2.75) is 0 Å². The summed E-state index contributed by atoms with van der Waals surface area (Å²) in [7, 11) is 4.54. The van der Waals surface area contributed by atoms with Crippen LogP contribution in [0.4, 0.5) is 5.69 Å². The first-order valence-electron chi connectivity index (χ1n) is 10.9. The van der Waals surface area contributed by atoms with Gasteiger partial charge < -0.3 is 24.8 Å². The van der Waals surface area contributed by atoms with Gasteiger partial charge in [0, 0.05) is 11.5 Å². The lowest BCUT2D eigenvalue weighted by Crippen LogP contribution is -2.35. The van der Waals surface area contributed by atoms with E-state index < -0.39 is 11.8 Å². The molecule has 0 atom stereocenters. The fourth-order valence-electron chi connectivity index (χ4n) is 3.60. The van der Waals surface area contributed by atoms with E-state index in [-0.39, 0.29) is 17.8 Å². The molecule has 0 saturated carbocycles. The second-order valence-corrected chi connectivity index (χ2v) is 7.61. The van der Waals surface area contributed by atoms with Gasteiger partial charge >= 0.3 is 0 Å². The Balaban J connectivity index is 1.58. The van der Waals surface area contributed by atoms with Crippen LogP contribution >= 0.6 is 0 Å². The third-order valence-electron chi connectivity index (χ3n) is 5.43. The molecule has 36 heavy (non-hydrogen) atoms. The van der Waals surface area contributed by atoms with Gasteiger partial charge in [-0.05, 0) is 42.5 Å². The van der Waals surface area contributed by atoms with Crippen LogP contribution in [0.1, 0.15) is 10.5 Å². The Labute approximate surface area is 206 Å². The van der Waals surface area contributed by atoms with Crippen molar-refractivity contribution < 1.29 is 23.8 Å². The van der Waals surface area contributed by atoms with Crippen molar-refractivity contribution in [3.05, 3.63) is 82.8 Å². The zero-order chi connectivity index (χ0) is 25.7. The molecule has 10 heteroatoms. The highest BCUT2D eigenvalue weighted by atomic mass is 16.5. The van der Waals surface area contributed by atoms with Crippen LogP contribution in [0, 0.1) is 0 Å². The number of carbonyl (C=O) groups is 2. The molecule has 1 aromatic heterocycles. The molecule has 0 bridgehead atoms. The van der Waals surface area contributed by atoms with Gasteiger partial charge in [-0.1, -0.05) is 18.2 Å². The zero-order valence-corrected chi connectivity index (χ0v) is 19.9. The Bertz CT molecular complexity index is 1480. The molecule has 184 valence electrons. The second kappa shape index (κ2) is 10.6. The number of carbonyl (C=O) groups excluding carboxylic acids is 2. The summed E-state index contributed by atoms with van der Waals surface area (Å²) in [6.45, 7) is -0.328. The maximum Gasteiger partial charge on any atom is 0.279 e. The molecule has 0 aliphatic carbocycles. The first-order chi connectivity index (χ1) is 17.4. The van der Waals surface area contributed by atoms with Gasteiger partial charge in [0.1, 0.15) is 17.2 Å². The Kier molecular flexibility index (Phi) is 7.15. The van der Waals surface area contributed by atoms with Crippen LogP contribution in [0.3, 0.4) is 0 Å². The van der Waals surface area contributed by atoms with E-state index >= 15 is 0 Å². The second-order valence-electron chi connectivity index (χ2n) is 7.61. The number of hydrogen-bond acceptors (Lipinski definition) is 7. The number of anilines is 1. The van der Waals surface area contributed by atoms with E-state index in [0.717, 1.165) is 4.68 Å². The summed E-state index contributed by atoms with van der Waals surface area (Å²) in [5.74, 6) is 0.520. The van der Waals surface area contributed by atoms with Crippen molar-refractivity contribution in [2.24, 2.45) is 0 Å². The summed E-state index contributed by atoms with van der Waals surface area (Å²) >= 11 is 0. The summed E-state index contributed by atoms with van der Waals surface area (Å²) < 4.78 is 16.8. The van der Waals surface area contributed by atoms with E-state index in [1.165, 1.54) is 14.2 Å². The standard InChI is InChI=1S/C26H24N4O6/c1-34-17-10-8-16(9-11-17)30-26(33)20-7-5-4-6-19(20)24(29-30)25(32)27-15-23(31)28-21-13-12-18(35-2)14-22(21)36-3/h4-14H,15H2,1-3H3,(H,27,32)(H,28,31). The zero-order valence-electron chi connectivity index (χ0n) is 19.9. The van der Waals surface area contributed by atoms with Gasteiger partial charge in [-0.15, -0.1) is 0 Å². The quantitative estimate of drug-likeness (QED) is 0.391. The molecular formula is C26H24N4O6. The maximum atomic E-state index is 13.1. The first kappa shape index (κ1) is 24.3. The minimum Gasteiger partial charge on any atom is -0.497 e. The third kappa shape index (κ3) is 4.97. The Morgan fingerprint density at radius 1 is 0.861 bits per heavy atom. The number of hydrogen-bond donors (Lipinski definition) is 2. The number of nitrogens with one attached hydrogen (secondary N) is 2. The largest absolute Gasteiger partial charge is 0.497 e. The number of rotatable bonds is 8. The number of ether oxygens (including phenoxy) is 3. The minimum atomic E-state index is -0.606. The Hall–Kier alpha value is -4.86. The van der Waals surface area contributed by atoms with Crippen molar-refractivity contribution in [1.29, 1.82) is 0 Å². The molecule has 2 amide bonds. The van der Waals surface area contributed by atoms with E-state index in [2.05, 4.69) is 15.7 Å². The predicted molar refractivity (Wildman–Crippen MR) is 134 cm³/mol. The van der Waals surface area contributed by atoms with Crippen LogP contribution in [0.2, 0.25) is 0 Å². The fraction of sp³-hybridized carbons (Fsp3) is 0.154. The van der Waals surface area contributed by atoms with Gasteiger partial charge in [0.05, 0.1) is 44.6 Å². The van der Waals surface area contributed by atoms with Gasteiger partial charge in [-0.2, -0.15) is 9.78 Å². The van der Waals surface area contributed by atoms with E-state index in [1.54, 1.807) is 73.8 Å². The number of fused-ring (bicyclic) bond motifs is 1.